The molecule has 36 heavy (non-hydrogen) atoms. The van der Waals surface area contributed by atoms with Gasteiger partial charge < -0.3 is 5.32 Å². The van der Waals surface area contributed by atoms with E-state index < -0.39 is 18.0 Å². The Kier molecular flexibility index (Phi) is 9.28. The number of nitrogens with one attached hydrogen (secondary N) is 1. The highest BCUT2D eigenvalue weighted by atomic mass is 79.9. The molecule has 1 atom stereocenters. The van der Waals surface area contributed by atoms with Crippen molar-refractivity contribution in [3.63, 3.8) is 0 Å². The molecule has 1 amide bonds. The summed E-state index contributed by atoms with van der Waals surface area (Å²) in [6.45, 7) is 1.66. The van der Waals surface area contributed by atoms with Gasteiger partial charge in [-0.3, -0.25) is 9.59 Å². The van der Waals surface area contributed by atoms with E-state index >= 15 is 0 Å². The van der Waals surface area contributed by atoms with Crippen molar-refractivity contribution < 1.29 is 22.8 Å². The van der Waals surface area contributed by atoms with Gasteiger partial charge in [-0.15, -0.1) is 0 Å². The maximum absolute atomic E-state index is 13.8. The molecule has 188 valence electrons. The summed E-state index contributed by atoms with van der Waals surface area (Å²) in [6, 6.07) is 13.7. The third-order valence-electron chi connectivity index (χ3n) is 5.19. The summed E-state index contributed by atoms with van der Waals surface area (Å²) in [6.07, 6.45) is -2.36. The standard InChI is InChI=1S/C26H18BrCl3F3NO2/c1-14-3-2-4-16(9-14)23(35)13-34-25(36)18-7-5-15(10-20(18)27)6-8-19(26(31,32)33)17-11-21(28)24(30)22(29)12-17/h2-12,19H,13H2,1H3,(H,34,36)/b8-6+. The molecule has 1 unspecified atom stereocenters. The van der Waals surface area contributed by atoms with Crippen LogP contribution in [-0.4, -0.2) is 24.4 Å². The summed E-state index contributed by atoms with van der Waals surface area (Å²) in [4.78, 5) is 24.9. The second kappa shape index (κ2) is 11.8. The van der Waals surface area contributed by atoms with Crippen molar-refractivity contribution >= 4 is 68.5 Å². The second-order valence-corrected chi connectivity index (χ2v) is 9.94. The van der Waals surface area contributed by atoms with Crippen molar-refractivity contribution in [1.82, 2.24) is 5.32 Å². The first-order chi connectivity index (χ1) is 16.9. The fourth-order valence-corrected chi connectivity index (χ4v) is 4.56. The maximum Gasteiger partial charge on any atom is 0.399 e. The molecule has 0 saturated heterocycles. The van der Waals surface area contributed by atoms with E-state index in [-0.39, 0.29) is 38.5 Å². The molecule has 0 fully saturated rings. The van der Waals surface area contributed by atoms with Crippen LogP contribution in [0.25, 0.3) is 6.08 Å². The number of halogens is 7. The molecule has 0 aliphatic heterocycles. The minimum atomic E-state index is -4.61. The third-order valence-corrected chi connectivity index (χ3v) is 7.04. The first-order valence-corrected chi connectivity index (χ1v) is 12.4. The Labute approximate surface area is 229 Å². The molecule has 0 aliphatic rings. The summed E-state index contributed by atoms with van der Waals surface area (Å²) >= 11 is 21.0. The number of hydrogen-bond acceptors (Lipinski definition) is 2. The van der Waals surface area contributed by atoms with Gasteiger partial charge in [-0.2, -0.15) is 13.2 Å². The minimum Gasteiger partial charge on any atom is -0.345 e. The number of hydrogen-bond donors (Lipinski definition) is 1. The van der Waals surface area contributed by atoms with Gasteiger partial charge >= 0.3 is 6.18 Å². The summed E-state index contributed by atoms with van der Waals surface area (Å²) < 4.78 is 41.6. The van der Waals surface area contributed by atoms with Crippen LogP contribution in [0.15, 0.2) is 65.1 Å². The zero-order valence-electron chi connectivity index (χ0n) is 18.6. The molecule has 1 N–H and O–H groups in total. The molecule has 3 aromatic rings. The van der Waals surface area contributed by atoms with Gasteiger partial charge in [-0.1, -0.05) is 76.8 Å². The molecule has 3 rings (SSSR count). The molecular weight excluding hydrogens is 602 g/mol. The number of benzene rings is 3. The van der Waals surface area contributed by atoms with Gasteiger partial charge in [0, 0.05) is 10.0 Å². The lowest BCUT2D eigenvalue weighted by Crippen LogP contribution is -2.29. The number of amides is 1. The summed E-state index contributed by atoms with van der Waals surface area (Å²) in [5, 5.41) is 2.37. The molecule has 3 aromatic carbocycles. The van der Waals surface area contributed by atoms with Crippen molar-refractivity contribution in [1.29, 1.82) is 0 Å². The van der Waals surface area contributed by atoms with E-state index in [2.05, 4.69) is 21.2 Å². The Balaban J connectivity index is 1.75. The Hall–Kier alpha value is -2.32. The van der Waals surface area contributed by atoms with Crippen LogP contribution in [0.3, 0.4) is 0 Å². The molecule has 0 saturated carbocycles. The van der Waals surface area contributed by atoms with Crippen molar-refractivity contribution in [3.8, 4) is 0 Å². The van der Waals surface area contributed by atoms with Crippen molar-refractivity contribution in [2.24, 2.45) is 0 Å². The highest BCUT2D eigenvalue weighted by Crippen LogP contribution is 2.41. The van der Waals surface area contributed by atoms with Crippen molar-refractivity contribution in [2.45, 2.75) is 19.0 Å². The first kappa shape index (κ1) is 28.3. The number of rotatable bonds is 7. The lowest BCUT2D eigenvalue weighted by atomic mass is 9.97. The number of allylic oxidation sites excluding steroid dienone is 1. The van der Waals surface area contributed by atoms with Gasteiger partial charge in [0.2, 0.25) is 0 Å². The van der Waals surface area contributed by atoms with Gasteiger partial charge in [0.15, 0.2) is 5.78 Å². The lowest BCUT2D eigenvalue weighted by molar-refractivity contribution is -0.139. The number of Topliss-reactive ketones (excluding diaryl/α,β-unsaturated/α-hetero) is 1. The van der Waals surface area contributed by atoms with E-state index in [1.165, 1.54) is 24.3 Å². The van der Waals surface area contributed by atoms with Crippen LogP contribution >= 0.6 is 50.7 Å². The van der Waals surface area contributed by atoms with Crippen LogP contribution < -0.4 is 5.32 Å². The van der Waals surface area contributed by atoms with E-state index in [0.29, 0.717) is 15.6 Å². The molecule has 10 heteroatoms. The highest BCUT2D eigenvalue weighted by Gasteiger charge is 2.39. The van der Waals surface area contributed by atoms with E-state index in [9.17, 15) is 22.8 Å². The normalized spacial score (nSPS) is 12.6. The molecule has 0 bridgehead atoms. The van der Waals surface area contributed by atoms with Crippen LogP contribution in [0.1, 0.15) is 43.3 Å². The summed E-state index contributed by atoms with van der Waals surface area (Å²) in [5.41, 5.74) is 1.89. The second-order valence-electron chi connectivity index (χ2n) is 7.89. The summed E-state index contributed by atoms with van der Waals surface area (Å²) in [7, 11) is 0. The van der Waals surface area contributed by atoms with Crippen LogP contribution in [-0.2, 0) is 0 Å². The van der Waals surface area contributed by atoms with Crippen molar-refractivity contribution in [2.75, 3.05) is 6.54 Å². The largest absolute Gasteiger partial charge is 0.399 e. The van der Waals surface area contributed by atoms with Gasteiger partial charge in [-0.25, -0.2) is 0 Å². The molecule has 0 radical (unpaired) electrons. The Morgan fingerprint density at radius 3 is 2.28 bits per heavy atom. The first-order valence-electron chi connectivity index (χ1n) is 10.4. The van der Waals surface area contributed by atoms with E-state index in [4.69, 9.17) is 34.8 Å². The van der Waals surface area contributed by atoms with Gasteiger partial charge in [-0.05, 0) is 64.3 Å². The smallest absolute Gasteiger partial charge is 0.345 e. The molecular formula is C26H18BrCl3F3NO2. The third kappa shape index (κ3) is 7.13. The quantitative estimate of drug-likeness (QED) is 0.213. The number of carbonyl (C=O) groups is 2. The molecule has 3 nitrogen and oxygen atoms in total. The monoisotopic (exact) mass is 617 g/mol. The zero-order chi connectivity index (χ0) is 26.6. The topological polar surface area (TPSA) is 46.2 Å². The van der Waals surface area contributed by atoms with Crippen LogP contribution in [0.4, 0.5) is 13.2 Å². The minimum absolute atomic E-state index is 0.0228. The van der Waals surface area contributed by atoms with E-state index in [0.717, 1.165) is 23.8 Å². The zero-order valence-corrected chi connectivity index (χ0v) is 22.5. The van der Waals surface area contributed by atoms with Gasteiger partial charge in [0.05, 0.1) is 33.1 Å². The SMILES string of the molecule is Cc1cccc(C(=O)CNC(=O)c2ccc(/C=C/C(c3cc(Cl)c(Cl)c(Cl)c3)C(F)(F)F)cc2Br)c1. The fraction of sp³-hybridized carbons (Fsp3) is 0.154. The van der Waals surface area contributed by atoms with Crippen LogP contribution in [0.5, 0.6) is 0 Å². The molecule has 0 spiro atoms. The highest BCUT2D eigenvalue weighted by molar-refractivity contribution is 9.10. The van der Waals surface area contributed by atoms with Crippen LogP contribution in [0.2, 0.25) is 15.1 Å². The number of alkyl halides is 3. The van der Waals surface area contributed by atoms with Crippen LogP contribution in [0, 0.1) is 6.92 Å². The Morgan fingerprint density at radius 1 is 1.03 bits per heavy atom. The maximum atomic E-state index is 13.8. The Morgan fingerprint density at radius 2 is 1.69 bits per heavy atom. The average molecular weight is 620 g/mol. The predicted molar refractivity (Wildman–Crippen MR) is 141 cm³/mol. The average Bonchev–Trinajstić information content (AvgIpc) is 2.80. The molecule has 0 aromatic heterocycles. The van der Waals surface area contributed by atoms with Gasteiger partial charge in [0.1, 0.15) is 0 Å². The molecule has 0 heterocycles. The molecule has 0 aliphatic carbocycles. The number of carbonyl (C=O) groups excluding carboxylic acids is 2. The van der Waals surface area contributed by atoms with Crippen molar-refractivity contribution in [3.05, 3.63) is 108 Å². The van der Waals surface area contributed by atoms with E-state index in [1.54, 1.807) is 18.2 Å². The summed E-state index contributed by atoms with van der Waals surface area (Å²) in [5.74, 6) is -2.74. The lowest BCUT2D eigenvalue weighted by Gasteiger charge is -2.18. The fourth-order valence-electron chi connectivity index (χ4n) is 3.37. The van der Waals surface area contributed by atoms with Gasteiger partial charge in [0.25, 0.3) is 5.91 Å². The number of aryl methyl sites for hydroxylation is 1. The predicted octanol–water partition coefficient (Wildman–Crippen LogP) is 8.69. The Bertz CT molecular complexity index is 1320. The number of ketones is 1. The van der Waals surface area contributed by atoms with E-state index in [1.807, 2.05) is 13.0 Å².